The number of carbonyl (C=O) groups excluding carboxylic acids is 2. The van der Waals surface area contributed by atoms with Crippen molar-refractivity contribution in [2.75, 3.05) is 43.5 Å². The summed E-state index contributed by atoms with van der Waals surface area (Å²) in [6, 6.07) is 23.2. The maximum Gasteiger partial charge on any atom is 0.322 e. The summed E-state index contributed by atoms with van der Waals surface area (Å²) in [7, 11) is 1.61. The third kappa shape index (κ3) is 4.55. The van der Waals surface area contributed by atoms with Gasteiger partial charge in [0.05, 0.1) is 7.11 Å². The van der Waals surface area contributed by atoms with Crippen LogP contribution in [0.15, 0.2) is 72.8 Å². The number of methoxy groups -OCH3 is 1. The van der Waals surface area contributed by atoms with E-state index in [0.29, 0.717) is 31.7 Å². The molecule has 0 unspecified atom stereocenters. The topological polar surface area (TPSA) is 65.1 Å². The van der Waals surface area contributed by atoms with Crippen LogP contribution in [-0.2, 0) is 13.1 Å². The molecule has 0 atom stereocenters. The molecule has 7 nitrogen and oxygen atoms in total. The lowest BCUT2D eigenvalue weighted by Crippen LogP contribution is -2.48. The second kappa shape index (κ2) is 9.47. The molecule has 174 valence electrons. The molecule has 5 rings (SSSR count). The van der Waals surface area contributed by atoms with Crippen molar-refractivity contribution in [1.29, 1.82) is 0 Å². The minimum absolute atomic E-state index is 0.0458. The molecular weight excluding hydrogens is 428 g/mol. The molecule has 2 heterocycles. The monoisotopic (exact) mass is 456 g/mol. The van der Waals surface area contributed by atoms with Gasteiger partial charge in [0.25, 0.3) is 5.91 Å². The SMILES string of the molecule is COc1ccc(C(=O)N2CCN(c3ccc(NC(=O)N4Cc5ccccc5C4)cc3)CC2)cc1. The van der Waals surface area contributed by atoms with Gasteiger partial charge in [-0.1, -0.05) is 24.3 Å². The number of nitrogens with zero attached hydrogens (tertiary/aromatic N) is 3. The number of urea groups is 1. The molecule has 1 N–H and O–H groups in total. The van der Waals surface area contributed by atoms with Crippen LogP contribution < -0.4 is 15.0 Å². The predicted molar refractivity (Wildman–Crippen MR) is 132 cm³/mol. The highest BCUT2D eigenvalue weighted by molar-refractivity contribution is 5.94. The van der Waals surface area contributed by atoms with Gasteiger partial charge in [-0.05, 0) is 59.7 Å². The molecule has 2 aliphatic heterocycles. The number of fused-ring (bicyclic) bond motifs is 1. The summed E-state index contributed by atoms with van der Waals surface area (Å²) in [4.78, 5) is 31.4. The van der Waals surface area contributed by atoms with E-state index in [2.05, 4.69) is 22.3 Å². The summed E-state index contributed by atoms with van der Waals surface area (Å²) in [6.07, 6.45) is 0. The van der Waals surface area contributed by atoms with Gasteiger partial charge in [-0.3, -0.25) is 4.79 Å². The van der Waals surface area contributed by atoms with Crippen LogP contribution in [0.4, 0.5) is 16.2 Å². The summed E-state index contributed by atoms with van der Waals surface area (Å²) in [5.74, 6) is 0.788. The molecule has 0 bridgehead atoms. The van der Waals surface area contributed by atoms with Crippen molar-refractivity contribution in [3.63, 3.8) is 0 Å². The van der Waals surface area contributed by atoms with Crippen molar-refractivity contribution < 1.29 is 14.3 Å². The Kier molecular flexibility index (Phi) is 6.08. The summed E-state index contributed by atoms with van der Waals surface area (Å²) in [5.41, 5.74) is 4.95. The third-order valence-corrected chi connectivity index (χ3v) is 6.52. The van der Waals surface area contributed by atoms with E-state index < -0.39 is 0 Å². The van der Waals surface area contributed by atoms with Crippen LogP contribution in [0.25, 0.3) is 0 Å². The van der Waals surface area contributed by atoms with Gasteiger partial charge in [0.15, 0.2) is 0 Å². The fourth-order valence-electron chi connectivity index (χ4n) is 4.52. The molecule has 0 saturated carbocycles. The van der Waals surface area contributed by atoms with Crippen LogP contribution in [0.3, 0.4) is 0 Å². The Balaban J connectivity index is 1.13. The summed E-state index contributed by atoms with van der Waals surface area (Å²) < 4.78 is 5.17. The number of anilines is 2. The largest absolute Gasteiger partial charge is 0.497 e. The van der Waals surface area contributed by atoms with Gasteiger partial charge in [-0.25, -0.2) is 4.79 Å². The Hall–Kier alpha value is -4.00. The molecule has 0 aromatic heterocycles. The Morgan fingerprint density at radius 1 is 0.765 bits per heavy atom. The number of carbonyl (C=O) groups is 2. The van der Waals surface area contributed by atoms with Crippen molar-refractivity contribution in [1.82, 2.24) is 9.80 Å². The van der Waals surface area contributed by atoms with Crippen LogP contribution in [0, 0.1) is 0 Å². The Labute approximate surface area is 199 Å². The smallest absolute Gasteiger partial charge is 0.322 e. The zero-order valence-corrected chi connectivity index (χ0v) is 19.2. The Morgan fingerprint density at radius 2 is 1.38 bits per heavy atom. The molecule has 1 saturated heterocycles. The van der Waals surface area contributed by atoms with Gasteiger partial charge in [0.1, 0.15) is 5.75 Å². The maximum atomic E-state index is 12.8. The number of nitrogens with one attached hydrogen (secondary N) is 1. The molecule has 2 aliphatic rings. The Morgan fingerprint density at radius 3 is 1.97 bits per heavy atom. The van der Waals surface area contributed by atoms with Crippen molar-refractivity contribution in [2.45, 2.75) is 13.1 Å². The van der Waals surface area contributed by atoms with Gasteiger partial charge in [-0.2, -0.15) is 0 Å². The minimum Gasteiger partial charge on any atom is -0.497 e. The highest BCUT2D eigenvalue weighted by atomic mass is 16.5. The van der Waals surface area contributed by atoms with E-state index in [1.807, 2.05) is 58.3 Å². The zero-order chi connectivity index (χ0) is 23.5. The molecule has 3 aromatic carbocycles. The number of piperazine rings is 1. The first-order valence-electron chi connectivity index (χ1n) is 11.5. The van der Waals surface area contributed by atoms with Crippen LogP contribution in [0.5, 0.6) is 5.75 Å². The number of benzene rings is 3. The second-order valence-electron chi connectivity index (χ2n) is 8.61. The maximum absolute atomic E-state index is 12.8. The molecule has 1 fully saturated rings. The van der Waals surface area contributed by atoms with Gasteiger partial charge in [0.2, 0.25) is 0 Å². The summed E-state index contributed by atoms with van der Waals surface area (Å²) in [5, 5.41) is 3.00. The average Bonchev–Trinajstić information content (AvgIpc) is 3.34. The van der Waals surface area contributed by atoms with Gasteiger partial charge < -0.3 is 24.8 Å². The number of amides is 3. The van der Waals surface area contributed by atoms with Crippen LogP contribution in [0.2, 0.25) is 0 Å². The first kappa shape index (κ1) is 21.8. The lowest BCUT2D eigenvalue weighted by atomic mass is 10.1. The van der Waals surface area contributed by atoms with E-state index in [0.717, 1.165) is 30.2 Å². The lowest BCUT2D eigenvalue weighted by Gasteiger charge is -2.36. The summed E-state index contributed by atoms with van der Waals surface area (Å²) >= 11 is 0. The van der Waals surface area contributed by atoms with Crippen molar-refractivity contribution in [2.24, 2.45) is 0 Å². The molecular formula is C27H28N4O3. The predicted octanol–water partition coefficient (Wildman–Crippen LogP) is 4.21. The van der Waals surface area contributed by atoms with Crippen LogP contribution >= 0.6 is 0 Å². The highest BCUT2D eigenvalue weighted by Gasteiger charge is 2.24. The first-order chi connectivity index (χ1) is 16.6. The van der Waals surface area contributed by atoms with Crippen LogP contribution in [-0.4, -0.2) is 55.0 Å². The van der Waals surface area contributed by atoms with Crippen molar-refractivity contribution >= 4 is 23.3 Å². The normalized spacial score (nSPS) is 15.1. The highest BCUT2D eigenvalue weighted by Crippen LogP contribution is 2.24. The molecule has 0 spiro atoms. The summed E-state index contributed by atoms with van der Waals surface area (Å²) in [6.45, 7) is 4.14. The van der Waals surface area contributed by atoms with Gasteiger partial charge in [-0.15, -0.1) is 0 Å². The number of hydrogen-bond donors (Lipinski definition) is 1. The number of ether oxygens (including phenoxy) is 1. The van der Waals surface area contributed by atoms with E-state index >= 15 is 0 Å². The molecule has 3 aromatic rings. The fourth-order valence-corrected chi connectivity index (χ4v) is 4.52. The van der Waals surface area contributed by atoms with Gasteiger partial charge >= 0.3 is 6.03 Å². The second-order valence-corrected chi connectivity index (χ2v) is 8.61. The minimum atomic E-state index is -0.0883. The van der Waals surface area contributed by atoms with E-state index in [-0.39, 0.29) is 11.9 Å². The zero-order valence-electron chi connectivity index (χ0n) is 19.2. The van der Waals surface area contributed by atoms with E-state index in [1.165, 1.54) is 11.1 Å². The molecule has 7 heteroatoms. The van der Waals surface area contributed by atoms with E-state index in [4.69, 9.17) is 4.74 Å². The first-order valence-corrected chi connectivity index (χ1v) is 11.5. The van der Waals surface area contributed by atoms with Crippen molar-refractivity contribution in [3.8, 4) is 5.75 Å². The third-order valence-electron chi connectivity index (χ3n) is 6.52. The van der Waals surface area contributed by atoms with E-state index in [9.17, 15) is 9.59 Å². The molecule has 3 amide bonds. The van der Waals surface area contributed by atoms with E-state index in [1.54, 1.807) is 19.2 Å². The van der Waals surface area contributed by atoms with Crippen molar-refractivity contribution in [3.05, 3.63) is 89.5 Å². The van der Waals surface area contributed by atoms with Crippen LogP contribution in [0.1, 0.15) is 21.5 Å². The molecule has 0 radical (unpaired) electrons. The fraction of sp³-hybridized carbons (Fsp3) is 0.259. The quantitative estimate of drug-likeness (QED) is 0.639. The average molecular weight is 457 g/mol. The van der Waals surface area contributed by atoms with Gasteiger partial charge in [0, 0.05) is 56.2 Å². The molecule has 34 heavy (non-hydrogen) atoms. The number of hydrogen-bond acceptors (Lipinski definition) is 4. The lowest BCUT2D eigenvalue weighted by molar-refractivity contribution is 0.0746. The Bertz CT molecular complexity index is 1140. The standard InChI is InChI=1S/C27H28N4O3/c1-34-25-12-6-20(7-13-25)26(32)30-16-14-29(15-17-30)24-10-8-23(9-11-24)28-27(33)31-18-21-4-2-3-5-22(21)19-31/h2-13H,14-19H2,1H3,(H,28,33). The molecule has 0 aliphatic carbocycles. The number of rotatable bonds is 4.